The zero-order valence-electron chi connectivity index (χ0n) is 13.7. The fourth-order valence-corrected chi connectivity index (χ4v) is 3.38. The summed E-state index contributed by atoms with van der Waals surface area (Å²) in [7, 11) is 1.66. The van der Waals surface area contributed by atoms with Gasteiger partial charge in [-0.25, -0.2) is 4.79 Å². The number of fused-ring (bicyclic) bond motifs is 1. The van der Waals surface area contributed by atoms with Crippen molar-refractivity contribution in [3.05, 3.63) is 53.9 Å². The molecule has 0 aliphatic carbocycles. The van der Waals surface area contributed by atoms with Crippen LogP contribution in [0.4, 0.5) is 4.79 Å². The third-order valence-electron chi connectivity index (χ3n) is 4.32. The minimum atomic E-state index is -0.0800. The second-order valence-corrected chi connectivity index (χ2v) is 6.56. The summed E-state index contributed by atoms with van der Waals surface area (Å²) in [6, 6.07) is 12.0. The number of halogens is 1. The lowest BCUT2D eigenvalue weighted by molar-refractivity contribution is 0.169. The second kappa shape index (κ2) is 7.75. The Morgan fingerprint density at radius 1 is 1.29 bits per heavy atom. The molecular formula is C18H22BrN3O2. The molecule has 0 fully saturated rings. The molecule has 1 aliphatic heterocycles. The van der Waals surface area contributed by atoms with Gasteiger partial charge in [0.15, 0.2) is 0 Å². The Hall–Kier alpha value is -1.95. The fraction of sp³-hybridized carbons (Fsp3) is 0.389. The number of carbonyl (C=O) groups excluding carboxylic acids is 1. The average molecular weight is 392 g/mol. The molecule has 1 aromatic carbocycles. The van der Waals surface area contributed by atoms with Crippen LogP contribution in [0.25, 0.3) is 0 Å². The molecule has 6 heteroatoms. The van der Waals surface area contributed by atoms with E-state index in [1.807, 2.05) is 35.2 Å². The number of hydrogen-bond donors (Lipinski definition) is 1. The van der Waals surface area contributed by atoms with Gasteiger partial charge in [-0.2, -0.15) is 0 Å². The molecule has 1 aliphatic rings. The molecule has 2 amide bonds. The third kappa shape index (κ3) is 3.43. The van der Waals surface area contributed by atoms with Crippen molar-refractivity contribution in [3.63, 3.8) is 0 Å². The molecule has 3 rings (SSSR count). The Morgan fingerprint density at radius 3 is 2.79 bits per heavy atom. The molecular weight excluding hydrogens is 370 g/mol. The molecule has 0 saturated carbocycles. The number of nitrogens with zero attached hydrogens (tertiary/aromatic N) is 2. The number of amides is 2. The van der Waals surface area contributed by atoms with Gasteiger partial charge in [-0.15, -0.1) is 0 Å². The van der Waals surface area contributed by atoms with Crippen molar-refractivity contribution in [2.75, 3.05) is 25.5 Å². The maximum Gasteiger partial charge on any atom is 0.318 e. The Kier molecular flexibility index (Phi) is 5.45. The first-order valence-electron chi connectivity index (χ1n) is 8.14. The van der Waals surface area contributed by atoms with Gasteiger partial charge in [0.25, 0.3) is 0 Å². The highest BCUT2D eigenvalue weighted by Crippen LogP contribution is 2.33. The molecule has 24 heavy (non-hydrogen) atoms. The van der Waals surface area contributed by atoms with Crippen LogP contribution in [0, 0.1) is 0 Å². The fourth-order valence-electron chi connectivity index (χ4n) is 3.10. The summed E-state index contributed by atoms with van der Waals surface area (Å²) in [5.74, 6) is 0.818. The molecule has 1 aromatic heterocycles. The monoisotopic (exact) mass is 391 g/mol. The number of nitrogens with one attached hydrogen (secondary N) is 1. The first kappa shape index (κ1) is 16.9. The number of rotatable bonds is 5. The number of alkyl halides is 1. The summed E-state index contributed by atoms with van der Waals surface area (Å²) in [6.07, 6.45) is 3.00. The summed E-state index contributed by atoms with van der Waals surface area (Å²) in [5.41, 5.74) is 2.23. The maximum atomic E-state index is 12.7. The Morgan fingerprint density at radius 2 is 2.08 bits per heavy atom. The quantitative estimate of drug-likeness (QED) is 0.626. The van der Waals surface area contributed by atoms with E-state index in [2.05, 4.69) is 38.1 Å². The van der Waals surface area contributed by atoms with Crippen molar-refractivity contribution in [2.24, 2.45) is 0 Å². The van der Waals surface area contributed by atoms with Crippen molar-refractivity contribution in [1.29, 1.82) is 0 Å². The van der Waals surface area contributed by atoms with E-state index in [9.17, 15) is 4.79 Å². The molecule has 0 saturated heterocycles. The SMILES string of the molecule is COc1ccc([C@@H]2c3cccn3CCN2C(=O)NCCCBr)cc1. The lowest BCUT2D eigenvalue weighted by atomic mass is 10.00. The molecule has 2 aromatic rings. The van der Waals surface area contributed by atoms with Crippen molar-refractivity contribution in [2.45, 2.75) is 19.0 Å². The molecule has 5 nitrogen and oxygen atoms in total. The lowest BCUT2D eigenvalue weighted by Gasteiger charge is -2.37. The van der Waals surface area contributed by atoms with E-state index < -0.39 is 0 Å². The molecule has 0 unspecified atom stereocenters. The predicted octanol–water partition coefficient (Wildman–Crippen LogP) is 3.40. The summed E-state index contributed by atoms with van der Waals surface area (Å²) < 4.78 is 7.47. The Labute approximate surface area is 150 Å². The zero-order chi connectivity index (χ0) is 16.9. The van der Waals surface area contributed by atoms with E-state index in [0.29, 0.717) is 13.1 Å². The number of urea groups is 1. The normalized spacial score (nSPS) is 16.6. The molecule has 1 atom stereocenters. The van der Waals surface area contributed by atoms with Crippen LogP contribution in [-0.2, 0) is 6.54 Å². The zero-order valence-corrected chi connectivity index (χ0v) is 15.3. The standard InChI is InChI=1S/C18H22BrN3O2/c1-24-15-7-5-14(6-8-15)17-16-4-2-11-21(16)12-13-22(17)18(23)20-10-3-9-19/h2,4-8,11,17H,3,9-10,12-13H2,1H3,(H,20,23)/t17-/m1/s1. The number of hydrogen-bond acceptors (Lipinski definition) is 2. The van der Waals surface area contributed by atoms with Crippen LogP contribution in [-0.4, -0.2) is 41.0 Å². The highest BCUT2D eigenvalue weighted by atomic mass is 79.9. The van der Waals surface area contributed by atoms with Gasteiger partial charge in [-0.05, 0) is 36.2 Å². The van der Waals surface area contributed by atoms with Crippen LogP contribution < -0.4 is 10.1 Å². The van der Waals surface area contributed by atoms with Gasteiger partial charge in [-0.3, -0.25) is 0 Å². The van der Waals surface area contributed by atoms with Crippen LogP contribution >= 0.6 is 15.9 Å². The van der Waals surface area contributed by atoms with Crippen molar-refractivity contribution < 1.29 is 9.53 Å². The van der Waals surface area contributed by atoms with Crippen molar-refractivity contribution >= 4 is 22.0 Å². The molecule has 0 bridgehead atoms. The average Bonchev–Trinajstić information content (AvgIpc) is 3.10. The van der Waals surface area contributed by atoms with E-state index in [0.717, 1.165) is 35.3 Å². The van der Waals surface area contributed by atoms with Gasteiger partial charge in [-0.1, -0.05) is 28.1 Å². The van der Waals surface area contributed by atoms with Gasteiger partial charge in [0.1, 0.15) is 5.75 Å². The van der Waals surface area contributed by atoms with Crippen molar-refractivity contribution in [3.8, 4) is 5.75 Å². The lowest BCUT2D eigenvalue weighted by Crippen LogP contribution is -2.47. The summed E-state index contributed by atoms with van der Waals surface area (Å²) in [4.78, 5) is 14.6. The highest BCUT2D eigenvalue weighted by Gasteiger charge is 2.31. The smallest absolute Gasteiger partial charge is 0.318 e. The van der Waals surface area contributed by atoms with Crippen LogP contribution in [0.1, 0.15) is 23.7 Å². The summed E-state index contributed by atoms with van der Waals surface area (Å²) in [5, 5.41) is 3.91. The minimum Gasteiger partial charge on any atom is -0.497 e. The third-order valence-corrected chi connectivity index (χ3v) is 4.88. The van der Waals surface area contributed by atoms with Crippen LogP contribution in [0.3, 0.4) is 0 Å². The van der Waals surface area contributed by atoms with Crippen LogP contribution in [0.15, 0.2) is 42.6 Å². The highest BCUT2D eigenvalue weighted by molar-refractivity contribution is 9.09. The van der Waals surface area contributed by atoms with E-state index in [1.165, 1.54) is 0 Å². The second-order valence-electron chi connectivity index (χ2n) is 5.77. The first-order chi connectivity index (χ1) is 11.7. The van der Waals surface area contributed by atoms with E-state index in [-0.39, 0.29) is 12.1 Å². The number of ether oxygens (including phenoxy) is 1. The van der Waals surface area contributed by atoms with Crippen molar-refractivity contribution in [1.82, 2.24) is 14.8 Å². The Bertz CT molecular complexity index is 684. The first-order valence-corrected chi connectivity index (χ1v) is 9.26. The van der Waals surface area contributed by atoms with Crippen LogP contribution in [0.2, 0.25) is 0 Å². The predicted molar refractivity (Wildman–Crippen MR) is 97.8 cm³/mol. The van der Waals surface area contributed by atoms with E-state index in [1.54, 1.807) is 7.11 Å². The number of carbonyl (C=O) groups is 1. The summed E-state index contributed by atoms with van der Waals surface area (Å²) >= 11 is 3.39. The number of methoxy groups -OCH3 is 1. The number of benzene rings is 1. The topological polar surface area (TPSA) is 46.5 Å². The number of aromatic nitrogens is 1. The summed E-state index contributed by atoms with van der Waals surface area (Å²) in [6.45, 7) is 2.19. The molecule has 0 spiro atoms. The largest absolute Gasteiger partial charge is 0.497 e. The van der Waals surface area contributed by atoms with Gasteiger partial charge in [0.05, 0.1) is 13.2 Å². The molecule has 2 heterocycles. The Balaban J connectivity index is 1.88. The molecule has 0 radical (unpaired) electrons. The van der Waals surface area contributed by atoms with E-state index >= 15 is 0 Å². The molecule has 1 N–H and O–H groups in total. The maximum absolute atomic E-state index is 12.7. The molecule has 128 valence electrons. The van der Waals surface area contributed by atoms with Gasteiger partial charge in [0, 0.05) is 36.9 Å². The van der Waals surface area contributed by atoms with Gasteiger partial charge < -0.3 is 19.5 Å². The van der Waals surface area contributed by atoms with Crippen LogP contribution in [0.5, 0.6) is 5.75 Å². The van der Waals surface area contributed by atoms with E-state index in [4.69, 9.17) is 4.74 Å². The van der Waals surface area contributed by atoms with Gasteiger partial charge >= 0.3 is 6.03 Å². The minimum absolute atomic E-state index is 0.00998. The van der Waals surface area contributed by atoms with Gasteiger partial charge in [0.2, 0.25) is 0 Å².